The van der Waals surface area contributed by atoms with Gasteiger partial charge < -0.3 is 4.90 Å². The highest BCUT2D eigenvalue weighted by atomic mass is 35.5. The van der Waals surface area contributed by atoms with Gasteiger partial charge in [-0.15, -0.1) is 0 Å². The molecule has 1 fully saturated rings. The number of rotatable bonds is 5. The van der Waals surface area contributed by atoms with Crippen LogP contribution in [0.3, 0.4) is 0 Å². The molecule has 2 aromatic carbocycles. The summed E-state index contributed by atoms with van der Waals surface area (Å²) in [5, 5.41) is 7.34. The van der Waals surface area contributed by atoms with Gasteiger partial charge in [-0.25, -0.2) is 9.38 Å². The molecule has 2 aromatic rings. The molecule has 0 unspecified atom stereocenters. The summed E-state index contributed by atoms with van der Waals surface area (Å²) in [7, 11) is 0. The molecule has 0 aliphatic carbocycles. The highest BCUT2D eigenvalue weighted by molar-refractivity contribution is 8.11. The van der Waals surface area contributed by atoms with Crippen LogP contribution in [0.4, 0.5) is 4.39 Å². The molecule has 0 atom stereocenters. The summed E-state index contributed by atoms with van der Waals surface area (Å²) in [4.78, 5) is 9.24. The number of aliphatic imine (C=N–C) groups is 1. The molecule has 1 aliphatic heterocycles. The Balaban J connectivity index is 1.52. The van der Waals surface area contributed by atoms with Crippen LogP contribution in [0.25, 0.3) is 5.70 Å². The van der Waals surface area contributed by atoms with Gasteiger partial charge in [0.1, 0.15) is 5.82 Å². The highest BCUT2D eigenvalue weighted by Crippen LogP contribution is 2.19. The Hall–Kier alpha value is -1.86. The summed E-state index contributed by atoms with van der Waals surface area (Å²) in [6.45, 7) is 8.62. The third-order valence-corrected chi connectivity index (χ3v) is 5.60. The minimum atomic E-state index is -0.191. The first-order chi connectivity index (χ1) is 13.5. The molecule has 7 heteroatoms. The quantitative estimate of drug-likeness (QED) is 0.447. The molecule has 0 amide bonds. The number of benzene rings is 2. The van der Waals surface area contributed by atoms with Gasteiger partial charge in [-0.05, 0) is 53.8 Å². The molecule has 0 aromatic heterocycles. The summed E-state index contributed by atoms with van der Waals surface area (Å²) in [5.41, 5.74) is 2.75. The summed E-state index contributed by atoms with van der Waals surface area (Å²) in [6, 6.07) is 14.2. The molecule has 0 radical (unpaired) electrons. The van der Waals surface area contributed by atoms with Gasteiger partial charge in [-0.2, -0.15) is 0 Å². The maximum Gasteiger partial charge on any atom is 0.179 e. The molecular formula is C21H24ClFN4S. The van der Waals surface area contributed by atoms with Crippen LogP contribution < -0.4 is 5.14 Å². The van der Waals surface area contributed by atoms with Crippen molar-refractivity contribution in [3.05, 3.63) is 77.1 Å². The number of piperazine rings is 1. The van der Waals surface area contributed by atoms with Crippen LogP contribution in [0, 0.1) is 5.82 Å². The summed E-state index contributed by atoms with van der Waals surface area (Å²) >= 11 is 7.09. The van der Waals surface area contributed by atoms with E-state index < -0.39 is 0 Å². The first kappa shape index (κ1) is 20.9. The molecule has 28 heavy (non-hydrogen) atoms. The predicted octanol–water partition coefficient (Wildman–Crippen LogP) is 4.27. The Labute approximate surface area is 175 Å². The Morgan fingerprint density at radius 1 is 1.07 bits per heavy atom. The Bertz CT molecular complexity index is 815. The fourth-order valence-electron chi connectivity index (χ4n) is 3.09. The van der Waals surface area contributed by atoms with Crippen molar-refractivity contribution < 1.29 is 4.39 Å². The lowest BCUT2D eigenvalue weighted by atomic mass is 10.1. The average Bonchev–Trinajstić information content (AvgIpc) is 2.72. The van der Waals surface area contributed by atoms with Gasteiger partial charge in [-0.3, -0.25) is 10.0 Å². The second kappa shape index (κ2) is 10.1. The monoisotopic (exact) mass is 418 g/mol. The first-order valence-corrected chi connectivity index (χ1v) is 10.4. The lowest BCUT2D eigenvalue weighted by Crippen LogP contribution is -2.48. The smallest absolute Gasteiger partial charge is 0.179 e. The molecule has 148 valence electrons. The van der Waals surface area contributed by atoms with E-state index in [0.29, 0.717) is 10.7 Å². The van der Waals surface area contributed by atoms with E-state index in [0.717, 1.165) is 67.4 Å². The second-order valence-corrected chi connectivity index (χ2v) is 7.71. The van der Waals surface area contributed by atoms with Crippen molar-refractivity contribution in [1.29, 1.82) is 0 Å². The molecule has 3 rings (SSSR count). The summed E-state index contributed by atoms with van der Waals surface area (Å²) in [6.07, 6.45) is 0.917. The third-order valence-electron chi connectivity index (χ3n) is 4.79. The van der Waals surface area contributed by atoms with E-state index in [1.807, 2.05) is 36.4 Å². The van der Waals surface area contributed by atoms with Crippen molar-refractivity contribution in [2.75, 3.05) is 32.7 Å². The molecule has 0 spiro atoms. The van der Waals surface area contributed by atoms with Crippen LogP contribution in [0.1, 0.15) is 11.1 Å². The number of nitrogens with two attached hydrogens (primary N) is 1. The molecule has 1 aliphatic rings. The van der Waals surface area contributed by atoms with Gasteiger partial charge in [0.2, 0.25) is 0 Å². The van der Waals surface area contributed by atoms with Crippen molar-refractivity contribution in [2.24, 2.45) is 10.1 Å². The molecule has 1 saturated heterocycles. The zero-order chi connectivity index (χ0) is 19.9. The largest absolute Gasteiger partial charge is 0.348 e. The molecule has 4 nitrogen and oxygen atoms in total. The molecular weight excluding hydrogens is 395 g/mol. The lowest BCUT2D eigenvalue weighted by Gasteiger charge is -2.35. The second-order valence-electron chi connectivity index (χ2n) is 6.67. The van der Waals surface area contributed by atoms with E-state index in [4.69, 9.17) is 16.7 Å². The van der Waals surface area contributed by atoms with E-state index in [1.165, 1.54) is 12.1 Å². The van der Waals surface area contributed by atoms with Crippen LogP contribution in [0.15, 0.2) is 60.1 Å². The third kappa shape index (κ3) is 5.82. The van der Waals surface area contributed by atoms with Crippen LogP contribution >= 0.6 is 23.5 Å². The zero-order valence-corrected chi connectivity index (χ0v) is 17.2. The number of hydrogen-bond acceptors (Lipinski definition) is 4. The van der Waals surface area contributed by atoms with Gasteiger partial charge in [0.25, 0.3) is 0 Å². The van der Waals surface area contributed by atoms with Crippen LogP contribution in [-0.2, 0) is 6.42 Å². The molecule has 0 bridgehead atoms. The van der Waals surface area contributed by atoms with E-state index in [9.17, 15) is 4.39 Å². The maximum atomic E-state index is 13.0. The van der Waals surface area contributed by atoms with E-state index in [1.54, 1.807) is 0 Å². The fraction of sp³-hybridized carbons (Fsp3) is 0.286. The summed E-state index contributed by atoms with van der Waals surface area (Å²) < 4.78 is 13.0. The Morgan fingerprint density at radius 3 is 2.32 bits per heavy atom. The van der Waals surface area contributed by atoms with Crippen molar-refractivity contribution >= 4 is 34.4 Å². The number of nitrogens with zero attached hydrogens (tertiary/aromatic N) is 3. The van der Waals surface area contributed by atoms with Gasteiger partial charge >= 0.3 is 0 Å². The minimum absolute atomic E-state index is 0.191. The van der Waals surface area contributed by atoms with E-state index >= 15 is 0 Å². The Morgan fingerprint density at radius 2 is 1.71 bits per heavy atom. The minimum Gasteiger partial charge on any atom is -0.348 e. The zero-order valence-electron chi connectivity index (χ0n) is 15.7. The van der Waals surface area contributed by atoms with Crippen LogP contribution in [-0.4, -0.2) is 47.7 Å². The van der Waals surface area contributed by atoms with Gasteiger partial charge in [-0.1, -0.05) is 42.4 Å². The summed E-state index contributed by atoms with van der Waals surface area (Å²) in [5.74, 6) is -0.191. The molecule has 0 saturated carbocycles. The first-order valence-electron chi connectivity index (χ1n) is 9.17. The molecule has 2 N–H and O–H groups in total. The van der Waals surface area contributed by atoms with Gasteiger partial charge in [0, 0.05) is 37.7 Å². The highest BCUT2D eigenvalue weighted by Gasteiger charge is 2.20. The SMILES string of the molecule is C=C(/N=C(\SN)N1CCN(CCc2ccc(F)cc2)CC1)c1ccc(Cl)cc1. The predicted molar refractivity (Wildman–Crippen MR) is 118 cm³/mol. The van der Waals surface area contributed by atoms with Crippen molar-refractivity contribution in [1.82, 2.24) is 9.80 Å². The molecule has 1 heterocycles. The average molecular weight is 419 g/mol. The number of hydrogen-bond donors (Lipinski definition) is 1. The Kier molecular flexibility index (Phi) is 7.50. The van der Waals surface area contributed by atoms with Crippen LogP contribution in [0.5, 0.6) is 0 Å². The maximum absolute atomic E-state index is 13.0. The number of amidine groups is 1. The normalized spacial score (nSPS) is 15.7. The van der Waals surface area contributed by atoms with E-state index in [-0.39, 0.29) is 5.82 Å². The van der Waals surface area contributed by atoms with Gasteiger partial charge in [0.05, 0.1) is 5.70 Å². The van der Waals surface area contributed by atoms with Crippen LogP contribution in [0.2, 0.25) is 5.02 Å². The fourth-order valence-corrected chi connectivity index (χ4v) is 3.72. The van der Waals surface area contributed by atoms with Crippen molar-refractivity contribution in [3.8, 4) is 0 Å². The number of halogens is 2. The standard InChI is InChI=1S/C21H24ClFN4S/c1-16(18-4-6-19(22)7-5-18)25-21(28-24)27-14-12-26(13-15-27)11-10-17-2-8-20(23)9-3-17/h2-9H,1,10-15,24H2/b25-21-. The van der Waals surface area contributed by atoms with E-state index in [2.05, 4.69) is 21.4 Å². The lowest BCUT2D eigenvalue weighted by molar-refractivity contribution is 0.186. The van der Waals surface area contributed by atoms with Crippen molar-refractivity contribution in [3.63, 3.8) is 0 Å². The van der Waals surface area contributed by atoms with Crippen molar-refractivity contribution in [2.45, 2.75) is 6.42 Å². The topological polar surface area (TPSA) is 44.9 Å². The van der Waals surface area contributed by atoms with Gasteiger partial charge in [0.15, 0.2) is 5.17 Å².